The second-order valence-electron chi connectivity index (χ2n) is 6.50. The number of hydrogen-bond acceptors (Lipinski definition) is 6. The van der Waals surface area contributed by atoms with Gasteiger partial charge in [-0.05, 0) is 69.3 Å². The Morgan fingerprint density at radius 3 is 2.07 bits per heavy atom. The molecule has 0 aliphatic heterocycles. The summed E-state index contributed by atoms with van der Waals surface area (Å²) in [6, 6.07) is 10.4. The van der Waals surface area contributed by atoms with E-state index in [1.54, 1.807) is 24.3 Å². The average Bonchev–Trinajstić information content (AvgIpc) is 2.68. The maximum absolute atomic E-state index is 12.3. The number of benzene rings is 2. The van der Waals surface area contributed by atoms with Gasteiger partial charge in [0.05, 0.1) is 4.90 Å². The minimum absolute atomic E-state index is 0.0636. The van der Waals surface area contributed by atoms with Gasteiger partial charge in [0.15, 0.2) is 11.9 Å². The highest BCUT2D eigenvalue weighted by atomic mass is 35.5. The lowest BCUT2D eigenvalue weighted by atomic mass is 10.1. The Balaban J connectivity index is 1.94. The second-order valence-corrected chi connectivity index (χ2v) is 8.65. The SMILES string of the molecule is CC(=O)c1ccc(NC(=O)C(C)OC(=O)[C@H](C)NS(=O)(=O)c2ccc(Cl)cc2)cc1. The summed E-state index contributed by atoms with van der Waals surface area (Å²) in [6.45, 7) is 4.09. The second kappa shape index (κ2) is 9.84. The largest absolute Gasteiger partial charge is 0.451 e. The zero-order chi connectivity index (χ0) is 22.5. The Labute approximate surface area is 179 Å². The number of anilines is 1. The van der Waals surface area contributed by atoms with Crippen LogP contribution in [0, 0.1) is 0 Å². The smallest absolute Gasteiger partial charge is 0.324 e. The number of nitrogens with one attached hydrogen (secondary N) is 2. The lowest BCUT2D eigenvalue weighted by Gasteiger charge is -2.18. The molecule has 0 aliphatic carbocycles. The molecule has 1 unspecified atom stereocenters. The van der Waals surface area contributed by atoms with E-state index in [0.717, 1.165) is 0 Å². The number of halogens is 1. The van der Waals surface area contributed by atoms with Crippen molar-refractivity contribution < 1.29 is 27.5 Å². The molecule has 0 aliphatic rings. The van der Waals surface area contributed by atoms with Crippen molar-refractivity contribution in [2.75, 3.05) is 5.32 Å². The number of carbonyl (C=O) groups excluding carboxylic acids is 3. The first-order valence-corrected chi connectivity index (χ1v) is 10.8. The fourth-order valence-electron chi connectivity index (χ4n) is 2.32. The van der Waals surface area contributed by atoms with E-state index >= 15 is 0 Å². The number of amides is 1. The molecule has 160 valence electrons. The Hall–Kier alpha value is -2.75. The molecule has 10 heteroatoms. The monoisotopic (exact) mass is 452 g/mol. The minimum atomic E-state index is -3.97. The normalized spacial score (nSPS) is 13.2. The predicted octanol–water partition coefficient (Wildman–Crippen LogP) is 2.78. The van der Waals surface area contributed by atoms with E-state index in [1.165, 1.54) is 45.0 Å². The minimum Gasteiger partial charge on any atom is -0.451 e. The summed E-state index contributed by atoms with van der Waals surface area (Å²) in [7, 11) is -3.97. The molecule has 0 radical (unpaired) electrons. The van der Waals surface area contributed by atoms with Crippen LogP contribution in [0.25, 0.3) is 0 Å². The number of ether oxygens (including phenoxy) is 1. The lowest BCUT2D eigenvalue weighted by molar-refractivity contribution is -0.154. The molecule has 0 bridgehead atoms. The van der Waals surface area contributed by atoms with Crippen molar-refractivity contribution in [1.82, 2.24) is 4.72 Å². The summed E-state index contributed by atoms with van der Waals surface area (Å²) >= 11 is 5.74. The quantitative estimate of drug-likeness (QED) is 0.469. The summed E-state index contributed by atoms with van der Waals surface area (Å²) < 4.78 is 31.9. The Bertz CT molecular complexity index is 1040. The number of Topliss-reactive ketones (excluding diaryl/α,β-unsaturated/α-hetero) is 1. The van der Waals surface area contributed by atoms with Crippen molar-refractivity contribution in [1.29, 1.82) is 0 Å². The van der Waals surface area contributed by atoms with Gasteiger partial charge < -0.3 is 10.1 Å². The molecular formula is C20H21ClN2O6S. The van der Waals surface area contributed by atoms with Crippen LogP contribution in [-0.2, 0) is 24.3 Å². The summed E-state index contributed by atoms with van der Waals surface area (Å²) in [6.07, 6.45) is -1.17. The number of carbonyl (C=O) groups is 3. The van der Waals surface area contributed by atoms with E-state index in [4.69, 9.17) is 16.3 Å². The zero-order valence-corrected chi connectivity index (χ0v) is 18.1. The number of esters is 1. The van der Waals surface area contributed by atoms with Gasteiger partial charge in [0.1, 0.15) is 6.04 Å². The van der Waals surface area contributed by atoms with Gasteiger partial charge in [0.2, 0.25) is 10.0 Å². The molecule has 30 heavy (non-hydrogen) atoms. The molecule has 0 saturated carbocycles. The van der Waals surface area contributed by atoms with Crippen LogP contribution in [-0.4, -0.2) is 38.2 Å². The van der Waals surface area contributed by atoms with Gasteiger partial charge in [-0.3, -0.25) is 14.4 Å². The van der Waals surface area contributed by atoms with Crippen molar-refractivity contribution in [3.8, 4) is 0 Å². The van der Waals surface area contributed by atoms with E-state index in [0.29, 0.717) is 16.3 Å². The van der Waals surface area contributed by atoms with E-state index in [-0.39, 0.29) is 10.7 Å². The predicted molar refractivity (Wildman–Crippen MR) is 112 cm³/mol. The van der Waals surface area contributed by atoms with Crippen LogP contribution in [0.1, 0.15) is 31.1 Å². The van der Waals surface area contributed by atoms with Crippen LogP contribution in [0.2, 0.25) is 5.02 Å². The van der Waals surface area contributed by atoms with E-state index < -0.39 is 34.0 Å². The van der Waals surface area contributed by atoms with Crippen molar-refractivity contribution in [3.63, 3.8) is 0 Å². The molecule has 0 spiro atoms. The van der Waals surface area contributed by atoms with Crippen LogP contribution in [0.3, 0.4) is 0 Å². The third kappa shape index (κ3) is 6.38. The van der Waals surface area contributed by atoms with Gasteiger partial charge in [-0.1, -0.05) is 11.6 Å². The topological polar surface area (TPSA) is 119 Å². The van der Waals surface area contributed by atoms with Crippen LogP contribution < -0.4 is 10.0 Å². The summed E-state index contributed by atoms with van der Waals surface area (Å²) in [5, 5.41) is 2.93. The van der Waals surface area contributed by atoms with Gasteiger partial charge in [0, 0.05) is 16.3 Å². The van der Waals surface area contributed by atoms with E-state index in [1.807, 2.05) is 0 Å². The lowest BCUT2D eigenvalue weighted by Crippen LogP contribution is -2.42. The highest BCUT2D eigenvalue weighted by molar-refractivity contribution is 7.89. The molecule has 0 heterocycles. The van der Waals surface area contributed by atoms with Gasteiger partial charge in [-0.15, -0.1) is 0 Å². The summed E-state index contributed by atoms with van der Waals surface area (Å²) in [4.78, 5) is 35.6. The standard InChI is InChI=1S/C20H21ClN2O6S/c1-12(23-30(27,28)18-10-6-16(21)7-11-18)20(26)29-14(3)19(25)22-17-8-4-15(5-9-17)13(2)24/h4-12,14,23H,1-3H3,(H,22,25)/t12-,14?/m0/s1. The van der Waals surface area contributed by atoms with Crippen LogP contribution in [0.15, 0.2) is 53.4 Å². The number of sulfonamides is 1. The molecular weight excluding hydrogens is 432 g/mol. The molecule has 0 aromatic heterocycles. The van der Waals surface area contributed by atoms with Crippen LogP contribution >= 0.6 is 11.6 Å². The van der Waals surface area contributed by atoms with Gasteiger partial charge in [0.25, 0.3) is 5.91 Å². The first-order chi connectivity index (χ1) is 14.0. The fraction of sp³-hybridized carbons (Fsp3) is 0.250. The molecule has 1 amide bonds. The third-order valence-corrected chi connectivity index (χ3v) is 5.84. The fourth-order valence-corrected chi connectivity index (χ4v) is 3.64. The zero-order valence-electron chi connectivity index (χ0n) is 16.5. The summed E-state index contributed by atoms with van der Waals surface area (Å²) in [5.41, 5.74) is 0.915. The van der Waals surface area contributed by atoms with Crippen molar-refractivity contribution in [3.05, 3.63) is 59.1 Å². The molecule has 0 saturated heterocycles. The summed E-state index contributed by atoms with van der Waals surface area (Å²) in [5.74, 6) is -1.63. The van der Waals surface area contributed by atoms with Crippen molar-refractivity contribution in [2.45, 2.75) is 37.8 Å². The third-order valence-electron chi connectivity index (χ3n) is 4.03. The van der Waals surface area contributed by atoms with E-state index in [2.05, 4.69) is 10.0 Å². The first kappa shape index (κ1) is 23.5. The molecule has 2 atom stereocenters. The van der Waals surface area contributed by atoms with Gasteiger partial charge in [-0.2, -0.15) is 4.72 Å². The molecule has 0 fully saturated rings. The van der Waals surface area contributed by atoms with Gasteiger partial charge >= 0.3 is 5.97 Å². The number of ketones is 1. The maximum atomic E-state index is 12.3. The first-order valence-electron chi connectivity index (χ1n) is 8.90. The Kier molecular flexibility index (Phi) is 7.71. The van der Waals surface area contributed by atoms with Crippen LogP contribution in [0.4, 0.5) is 5.69 Å². The van der Waals surface area contributed by atoms with Gasteiger partial charge in [-0.25, -0.2) is 8.42 Å². The van der Waals surface area contributed by atoms with E-state index in [9.17, 15) is 22.8 Å². The maximum Gasteiger partial charge on any atom is 0.324 e. The molecule has 8 nitrogen and oxygen atoms in total. The van der Waals surface area contributed by atoms with Crippen molar-refractivity contribution in [2.24, 2.45) is 0 Å². The molecule has 2 N–H and O–H groups in total. The highest BCUT2D eigenvalue weighted by Crippen LogP contribution is 2.15. The number of rotatable bonds is 8. The average molecular weight is 453 g/mol. The molecule has 2 aromatic rings. The Morgan fingerprint density at radius 1 is 0.967 bits per heavy atom. The highest BCUT2D eigenvalue weighted by Gasteiger charge is 2.26. The Morgan fingerprint density at radius 2 is 1.53 bits per heavy atom. The molecule has 2 aromatic carbocycles. The molecule has 2 rings (SSSR count). The van der Waals surface area contributed by atoms with Crippen molar-refractivity contribution >= 4 is 45.0 Å². The van der Waals surface area contributed by atoms with Crippen LogP contribution in [0.5, 0.6) is 0 Å². The number of hydrogen-bond donors (Lipinski definition) is 2.